The van der Waals surface area contributed by atoms with Gasteiger partial charge in [0.25, 0.3) is 5.91 Å². The van der Waals surface area contributed by atoms with Crippen LogP contribution in [0.3, 0.4) is 0 Å². The summed E-state index contributed by atoms with van der Waals surface area (Å²) in [4.78, 5) is 14.9. The lowest BCUT2D eigenvalue weighted by molar-refractivity contribution is 0.0965. The van der Waals surface area contributed by atoms with Gasteiger partial charge in [-0.15, -0.1) is 0 Å². The summed E-state index contributed by atoms with van der Waals surface area (Å²) < 4.78 is 15.7. The third kappa shape index (κ3) is 3.42. The van der Waals surface area contributed by atoms with Crippen molar-refractivity contribution in [1.82, 2.24) is 9.47 Å². The number of fused-ring (bicyclic) bond motifs is 1. The molecule has 3 aromatic rings. The van der Waals surface area contributed by atoms with Crippen molar-refractivity contribution in [3.63, 3.8) is 0 Å². The summed E-state index contributed by atoms with van der Waals surface area (Å²) >= 11 is 3.50. The van der Waals surface area contributed by atoms with Gasteiger partial charge in [0.15, 0.2) is 0 Å². The molecular weight excluding hydrogens is 371 g/mol. The lowest BCUT2D eigenvalue weighted by Crippen LogP contribution is -2.15. The van der Waals surface area contributed by atoms with Crippen LogP contribution in [0.5, 0.6) is 0 Å². The van der Waals surface area contributed by atoms with Crippen LogP contribution in [0.1, 0.15) is 15.9 Å². The van der Waals surface area contributed by atoms with E-state index < -0.39 is 0 Å². The maximum Gasteiger partial charge on any atom is 0.262 e. The van der Waals surface area contributed by atoms with Crippen LogP contribution in [0.2, 0.25) is 0 Å². The number of carbonyl (C=O) groups is 1. The zero-order chi connectivity index (χ0) is 17.3. The van der Waals surface area contributed by atoms with E-state index in [1.165, 1.54) is 24.3 Å². The fourth-order valence-electron chi connectivity index (χ4n) is 2.71. The molecule has 5 heteroatoms. The number of likely N-dealkylation sites (N-methyl/N-ethyl adjacent to an activating group) is 1. The van der Waals surface area contributed by atoms with Gasteiger partial charge in [-0.1, -0.05) is 15.9 Å². The maximum absolute atomic E-state index is 13.1. The molecule has 0 aliphatic rings. The minimum atomic E-state index is -0.348. The Labute approximate surface area is 148 Å². The highest BCUT2D eigenvalue weighted by atomic mass is 79.9. The molecule has 0 aliphatic carbocycles. The normalized spacial score (nSPS) is 11.4. The fourth-order valence-corrected chi connectivity index (χ4v) is 3.07. The van der Waals surface area contributed by atoms with Crippen LogP contribution in [-0.4, -0.2) is 36.0 Å². The highest BCUT2D eigenvalue weighted by molar-refractivity contribution is 9.10. The van der Waals surface area contributed by atoms with Crippen molar-refractivity contribution < 1.29 is 9.18 Å². The SMILES string of the molecule is CN(C)CCc1cn(C(=O)c2ccc(F)cc2)c2ccc(Br)cc12. The number of hydrogen-bond donors (Lipinski definition) is 0. The molecule has 1 heterocycles. The van der Waals surface area contributed by atoms with Crippen LogP contribution in [0.4, 0.5) is 4.39 Å². The molecule has 0 atom stereocenters. The topological polar surface area (TPSA) is 25.2 Å². The molecule has 0 saturated carbocycles. The first-order chi connectivity index (χ1) is 11.5. The van der Waals surface area contributed by atoms with Crippen LogP contribution in [0.25, 0.3) is 10.9 Å². The predicted octanol–water partition coefficient (Wildman–Crippen LogP) is 4.34. The van der Waals surface area contributed by atoms with Gasteiger partial charge in [-0.3, -0.25) is 9.36 Å². The molecule has 0 fully saturated rings. The van der Waals surface area contributed by atoms with Gasteiger partial charge in [0.05, 0.1) is 5.52 Å². The van der Waals surface area contributed by atoms with E-state index in [2.05, 4.69) is 20.8 Å². The first-order valence-corrected chi connectivity index (χ1v) is 8.49. The minimum Gasteiger partial charge on any atom is -0.309 e. The second-order valence-electron chi connectivity index (χ2n) is 6.05. The van der Waals surface area contributed by atoms with E-state index in [-0.39, 0.29) is 11.7 Å². The van der Waals surface area contributed by atoms with Crippen LogP contribution in [-0.2, 0) is 6.42 Å². The molecule has 0 amide bonds. The minimum absolute atomic E-state index is 0.154. The number of halogens is 2. The summed E-state index contributed by atoms with van der Waals surface area (Å²) in [5, 5.41) is 1.06. The molecule has 0 spiro atoms. The van der Waals surface area contributed by atoms with E-state index in [0.717, 1.165) is 33.9 Å². The van der Waals surface area contributed by atoms with Gasteiger partial charge in [-0.25, -0.2) is 4.39 Å². The van der Waals surface area contributed by atoms with Crippen molar-refractivity contribution in [2.24, 2.45) is 0 Å². The van der Waals surface area contributed by atoms with E-state index in [1.54, 1.807) is 4.57 Å². The molecular formula is C19H18BrFN2O. The van der Waals surface area contributed by atoms with Crippen LogP contribution < -0.4 is 0 Å². The molecule has 24 heavy (non-hydrogen) atoms. The van der Waals surface area contributed by atoms with Gasteiger partial charge in [0.2, 0.25) is 0 Å². The third-order valence-corrected chi connectivity index (χ3v) is 4.48. The second kappa shape index (κ2) is 6.87. The Balaban J connectivity index is 2.07. The molecule has 1 aromatic heterocycles. The van der Waals surface area contributed by atoms with Crippen molar-refractivity contribution in [2.45, 2.75) is 6.42 Å². The van der Waals surface area contributed by atoms with E-state index in [0.29, 0.717) is 5.56 Å². The third-order valence-electron chi connectivity index (χ3n) is 3.99. The molecule has 3 rings (SSSR count). The summed E-state index contributed by atoms with van der Waals surface area (Å²) in [6, 6.07) is 11.5. The Morgan fingerprint density at radius 3 is 2.54 bits per heavy atom. The molecule has 0 radical (unpaired) electrons. The van der Waals surface area contributed by atoms with Crippen molar-refractivity contribution in [2.75, 3.05) is 20.6 Å². The molecule has 0 saturated heterocycles. The summed E-state index contributed by atoms with van der Waals surface area (Å²) in [6.45, 7) is 0.899. The van der Waals surface area contributed by atoms with Crippen molar-refractivity contribution >= 4 is 32.7 Å². The van der Waals surface area contributed by atoms with E-state index >= 15 is 0 Å². The quantitative estimate of drug-likeness (QED) is 0.664. The molecule has 124 valence electrons. The highest BCUT2D eigenvalue weighted by Crippen LogP contribution is 2.26. The highest BCUT2D eigenvalue weighted by Gasteiger charge is 2.15. The Bertz CT molecular complexity index is 884. The number of nitrogens with zero attached hydrogens (tertiary/aromatic N) is 2. The largest absolute Gasteiger partial charge is 0.309 e. The van der Waals surface area contributed by atoms with Gasteiger partial charge in [0, 0.05) is 28.2 Å². The van der Waals surface area contributed by atoms with Crippen molar-refractivity contribution in [3.8, 4) is 0 Å². The smallest absolute Gasteiger partial charge is 0.262 e. The van der Waals surface area contributed by atoms with E-state index in [4.69, 9.17) is 0 Å². The number of aromatic nitrogens is 1. The van der Waals surface area contributed by atoms with Gasteiger partial charge >= 0.3 is 0 Å². The summed E-state index contributed by atoms with van der Waals surface area (Å²) in [7, 11) is 4.05. The molecule has 2 aromatic carbocycles. The van der Waals surface area contributed by atoms with E-state index in [1.807, 2.05) is 38.5 Å². The van der Waals surface area contributed by atoms with Gasteiger partial charge in [-0.2, -0.15) is 0 Å². The Hall–Kier alpha value is -1.98. The molecule has 0 aliphatic heterocycles. The molecule has 0 N–H and O–H groups in total. The van der Waals surface area contributed by atoms with Crippen LogP contribution in [0, 0.1) is 5.82 Å². The molecule has 0 bridgehead atoms. The first kappa shape index (κ1) is 16.9. The monoisotopic (exact) mass is 388 g/mol. The standard InChI is InChI=1S/C19H18BrFN2O/c1-22(2)10-9-14-12-23(18-8-5-15(20)11-17(14)18)19(24)13-3-6-16(21)7-4-13/h3-8,11-12H,9-10H2,1-2H3. The lowest BCUT2D eigenvalue weighted by atomic mass is 10.1. The van der Waals surface area contributed by atoms with Crippen molar-refractivity contribution in [1.29, 1.82) is 0 Å². The molecule has 0 unspecified atom stereocenters. The number of carbonyl (C=O) groups excluding carboxylic acids is 1. The maximum atomic E-state index is 13.1. The Morgan fingerprint density at radius 2 is 1.88 bits per heavy atom. The summed E-state index contributed by atoms with van der Waals surface area (Å²) in [5.41, 5.74) is 2.45. The number of rotatable bonds is 4. The first-order valence-electron chi connectivity index (χ1n) is 7.70. The Morgan fingerprint density at radius 1 is 1.17 bits per heavy atom. The van der Waals surface area contributed by atoms with Gasteiger partial charge in [-0.05, 0) is 68.5 Å². The van der Waals surface area contributed by atoms with Crippen molar-refractivity contribution in [3.05, 3.63) is 70.1 Å². The molecule has 3 nitrogen and oxygen atoms in total. The summed E-state index contributed by atoms with van der Waals surface area (Å²) in [6.07, 6.45) is 2.75. The zero-order valence-electron chi connectivity index (χ0n) is 13.6. The number of hydrogen-bond acceptors (Lipinski definition) is 2. The average molecular weight is 389 g/mol. The van der Waals surface area contributed by atoms with Gasteiger partial charge in [0.1, 0.15) is 5.82 Å². The van der Waals surface area contributed by atoms with Gasteiger partial charge < -0.3 is 4.90 Å². The lowest BCUT2D eigenvalue weighted by Gasteiger charge is -2.08. The predicted molar refractivity (Wildman–Crippen MR) is 98.0 cm³/mol. The second-order valence-corrected chi connectivity index (χ2v) is 6.97. The van der Waals surface area contributed by atoms with Crippen LogP contribution >= 0.6 is 15.9 Å². The fraction of sp³-hybridized carbons (Fsp3) is 0.211. The Kier molecular flexibility index (Phi) is 4.83. The summed E-state index contributed by atoms with van der Waals surface area (Å²) in [5.74, 6) is -0.502. The van der Waals surface area contributed by atoms with E-state index in [9.17, 15) is 9.18 Å². The van der Waals surface area contributed by atoms with Crippen LogP contribution in [0.15, 0.2) is 53.1 Å². The number of benzene rings is 2. The average Bonchev–Trinajstić information content (AvgIpc) is 2.91. The zero-order valence-corrected chi connectivity index (χ0v) is 15.2.